The predicted molar refractivity (Wildman–Crippen MR) is 110 cm³/mol. The number of imidazole rings is 1. The number of hydrogen-bond acceptors (Lipinski definition) is 6. The number of nitrogens with zero attached hydrogens (tertiary/aromatic N) is 4. The normalized spacial score (nSPS) is 18.0. The summed E-state index contributed by atoms with van der Waals surface area (Å²) in [6.45, 7) is 0. The van der Waals surface area contributed by atoms with Crippen molar-refractivity contribution in [3.05, 3.63) is 53.7 Å². The summed E-state index contributed by atoms with van der Waals surface area (Å²) in [5, 5.41) is 9.37. The predicted octanol–water partition coefficient (Wildman–Crippen LogP) is 4.12. The Labute approximate surface area is 180 Å². The lowest BCUT2D eigenvalue weighted by atomic mass is 9.82. The van der Waals surface area contributed by atoms with Crippen molar-refractivity contribution in [2.75, 3.05) is 0 Å². The molecule has 1 aromatic carbocycles. The van der Waals surface area contributed by atoms with E-state index in [0.717, 1.165) is 0 Å². The Balaban J connectivity index is 1.33. The molecule has 1 aliphatic rings. The third-order valence-electron chi connectivity index (χ3n) is 5.21. The Morgan fingerprint density at radius 1 is 1.13 bits per heavy atom. The van der Waals surface area contributed by atoms with Gasteiger partial charge in [0.05, 0.1) is 22.0 Å². The Hall–Kier alpha value is -3.59. The van der Waals surface area contributed by atoms with Crippen molar-refractivity contribution < 1.29 is 19.0 Å². The molecule has 0 spiro atoms. The molecule has 3 aromatic heterocycles. The Bertz CT molecular complexity index is 1290. The Morgan fingerprint density at radius 2 is 1.90 bits per heavy atom. The van der Waals surface area contributed by atoms with Crippen LogP contribution in [0.25, 0.3) is 33.7 Å². The number of hydrogen-bond donors (Lipinski definition) is 2. The van der Waals surface area contributed by atoms with Gasteiger partial charge in [0.15, 0.2) is 5.65 Å². The number of carboxylic acids is 1. The van der Waals surface area contributed by atoms with E-state index < -0.39 is 11.8 Å². The minimum atomic E-state index is -0.815. The molecule has 10 heteroatoms. The highest BCUT2D eigenvalue weighted by Crippen LogP contribution is 2.31. The largest absolute Gasteiger partial charge is 0.481 e. The van der Waals surface area contributed by atoms with Crippen LogP contribution in [0.2, 0.25) is 5.02 Å². The zero-order chi connectivity index (χ0) is 21.5. The third-order valence-corrected chi connectivity index (χ3v) is 5.41. The van der Waals surface area contributed by atoms with Crippen molar-refractivity contribution in [3.8, 4) is 28.5 Å². The smallest absolute Gasteiger partial charge is 0.316 e. The molecule has 0 atom stereocenters. The molecule has 0 saturated heterocycles. The number of nitrogens with one attached hydrogen (secondary N) is 1. The quantitative estimate of drug-likeness (QED) is 0.480. The van der Waals surface area contributed by atoms with Crippen molar-refractivity contribution in [1.82, 2.24) is 24.9 Å². The molecule has 156 valence electrons. The van der Waals surface area contributed by atoms with Gasteiger partial charge in [0.2, 0.25) is 0 Å². The molecule has 3 heterocycles. The minimum Gasteiger partial charge on any atom is -0.481 e. The molecule has 1 fully saturated rings. The van der Waals surface area contributed by atoms with E-state index in [1.165, 1.54) is 24.7 Å². The topological polar surface area (TPSA) is 114 Å². The molecule has 1 saturated carbocycles. The summed E-state index contributed by atoms with van der Waals surface area (Å²) in [5.74, 6) is -1.29. The number of carbonyl (C=O) groups is 1. The van der Waals surface area contributed by atoms with Gasteiger partial charge >= 0.3 is 12.0 Å². The van der Waals surface area contributed by atoms with Crippen LogP contribution in [-0.2, 0) is 4.79 Å². The average molecular weight is 440 g/mol. The fourth-order valence-electron chi connectivity index (χ4n) is 3.43. The van der Waals surface area contributed by atoms with E-state index in [4.69, 9.17) is 21.4 Å². The van der Waals surface area contributed by atoms with Crippen molar-refractivity contribution in [1.29, 1.82) is 0 Å². The number of halogens is 2. The zero-order valence-electron chi connectivity index (χ0n) is 15.9. The third kappa shape index (κ3) is 3.79. The van der Waals surface area contributed by atoms with E-state index in [0.29, 0.717) is 51.5 Å². The van der Waals surface area contributed by atoms with E-state index in [9.17, 15) is 9.18 Å². The number of fused-ring (bicyclic) bond motifs is 1. The van der Waals surface area contributed by atoms with E-state index in [2.05, 4.69) is 24.9 Å². The van der Waals surface area contributed by atoms with Crippen LogP contribution in [0.1, 0.15) is 12.8 Å². The number of ether oxygens (including phenoxy) is 1. The molecule has 0 radical (unpaired) electrons. The SMILES string of the molecule is O=C(O)[C@H]1C[C@@H](Oc2ncc(-c3ccc(-c4nc5ncc(Cl)cc5[nH]4)c(F)c3)cn2)C1. The van der Waals surface area contributed by atoms with Crippen LogP contribution in [0.5, 0.6) is 6.01 Å². The van der Waals surface area contributed by atoms with Gasteiger partial charge in [-0.05, 0) is 36.6 Å². The molecular formula is C21H15ClFN5O3. The molecule has 0 unspecified atom stereocenters. The van der Waals surface area contributed by atoms with Crippen LogP contribution in [0.15, 0.2) is 42.9 Å². The molecule has 0 amide bonds. The summed E-state index contributed by atoms with van der Waals surface area (Å²) >= 11 is 5.93. The highest BCUT2D eigenvalue weighted by molar-refractivity contribution is 6.31. The lowest BCUT2D eigenvalue weighted by Gasteiger charge is -2.31. The van der Waals surface area contributed by atoms with Crippen LogP contribution in [0, 0.1) is 11.7 Å². The summed E-state index contributed by atoms with van der Waals surface area (Å²) in [7, 11) is 0. The molecule has 4 aromatic rings. The number of H-pyrrole nitrogens is 1. The van der Waals surface area contributed by atoms with E-state index in [1.807, 2.05) is 0 Å². The van der Waals surface area contributed by atoms with Crippen LogP contribution >= 0.6 is 11.6 Å². The number of benzene rings is 1. The second kappa shape index (κ2) is 7.59. The zero-order valence-corrected chi connectivity index (χ0v) is 16.7. The minimum absolute atomic E-state index is 0.170. The number of rotatable bonds is 5. The molecule has 2 N–H and O–H groups in total. The molecule has 31 heavy (non-hydrogen) atoms. The van der Waals surface area contributed by atoms with Gasteiger partial charge in [0, 0.05) is 24.2 Å². The van der Waals surface area contributed by atoms with Gasteiger partial charge in [-0.25, -0.2) is 24.3 Å². The fraction of sp³-hybridized carbons (Fsp3) is 0.190. The Morgan fingerprint density at radius 3 is 2.61 bits per heavy atom. The summed E-state index contributed by atoms with van der Waals surface area (Å²) in [6.07, 6.45) is 5.25. The van der Waals surface area contributed by atoms with Gasteiger partial charge in [-0.3, -0.25) is 4.79 Å². The summed E-state index contributed by atoms with van der Waals surface area (Å²) in [4.78, 5) is 30.6. The number of pyridine rings is 1. The van der Waals surface area contributed by atoms with Crippen molar-refractivity contribution in [2.24, 2.45) is 5.92 Å². The van der Waals surface area contributed by atoms with Gasteiger partial charge in [-0.15, -0.1) is 0 Å². The summed E-state index contributed by atoms with van der Waals surface area (Å²) in [5.41, 5.74) is 2.59. The fourth-order valence-corrected chi connectivity index (χ4v) is 3.59. The van der Waals surface area contributed by atoms with Gasteiger partial charge in [0.1, 0.15) is 17.7 Å². The van der Waals surface area contributed by atoms with Crippen LogP contribution in [0.3, 0.4) is 0 Å². The van der Waals surface area contributed by atoms with Gasteiger partial charge < -0.3 is 14.8 Å². The maximum atomic E-state index is 14.8. The molecule has 0 aliphatic heterocycles. The Kier molecular flexibility index (Phi) is 4.74. The highest BCUT2D eigenvalue weighted by atomic mass is 35.5. The van der Waals surface area contributed by atoms with Gasteiger partial charge in [-0.2, -0.15) is 0 Å². The summed E-state index contributed by atoms with van der Waals surface area (Å²) < 4.78 is 20.4. The first-order valence-corrected chi connectivity index (χ1v) is 9.87. The number of aromatic amines is 1. The van der Waals surface area contributed by atoms with E-state index in [-0.39, 0.29) is 18.0 Å². The van der Waals surface area contributed by atoms with Gasteiger partial charge in [-0.1, -0.05) is 17.7 Å². The first kappa shape index (κ1) is 19.4. The van der Waals surface area contributed by atoms with Crippen LogP contribution in [0.4, 0.5) is 4.39 Å². The average Bonchev–Trinajstić information content (AvgIpc) is 3.13. The van der Waals surface area contributed by atoms with Crippen molar-refractivity contribution in [3.63, 3.8) is 0 Å². The number of aromatic nitrogens is 5. The summed E-state index contributed by atoms with van der Waals surface area (Å²) in [6, 6.07) is 6.59. The second-order valence-corrected chi connectivity index (χ2v) is 7.74. The maximum absolute atomic E-state index is 14.8. The molecule has 1 aliphatic carbocycles. The first-order chi connectivity index (χ1) is 15.0. The number of aliphatic carboxylic acids is 1. The van der Waals surface area contributed by atoms with Crippen molar-refractivity contribution in [2.45, 2.75) is 18.9 Å². The molecule has 0 bridgehead atoms. The second-order valence-electron chi connectivity index (χ2n) is 7.31. The molecule has 8 nitrogen and oxygen atoms in total. The number of carboxylic acid groups (broad SMARTS) is 1. The first-order valence-electron chi connectivity index (χ1n) is 9.49. The lowest BCUT2D eigenvalue weighted by molar-refractivity contribution is -0.148. The lowest BCUT2D eigenvalue weighted by Crippen LogP contribution is -2.38. The maximum Gasteiger partial charge on any atom is 0.316 e. The van der Waals surface area contributed by atoms with Crippen molar-refractivity contribution >= 4 is 28.7 Å². The van der Waals surface area contributed by atoms with Crippen LogP contribution in [-0.4, -0.2) is 42.1 Å². The highest BCUT2D eigenvalue weighted by Gasteiger charge is 2.36. The monoisotopic (exact) mass is 439 g/mol. The molecule has 5 rings (SSSR count). The van der Waals surface area contributed by atoms with E-state index in [1.54, 1.807) is 18.2 Å². The van der Waals surface area contributed by atoms with Crippen LogP contribution < -0.4 is 4.74 Å². The van der Waals surface area contributed by atoms with Gasteiger partial charge in [0.25, 0.3) is 0 Å². The standard InChI is InChI=1S/C21H15ClFN5O3/c22-13-6-17-19(24-9-13)28-18(27-17)15-2-1-10(5-16(15)23)12-7-25-21(26-8-12)31-14-3-11(4-14)20(29)30/h1-2,5-9,11,14H,3-4H2,(H,29,30)(H,24,27,28)/t11-,14+. The molecular weight excluding hydrogens is 425 g/mol. The van der Waals surface area contributed by atoms with E-state index >= 15 is 0 Å².